The van der Waals surface area contributed by atoms with Gasteiger partial charge in [-0.2, -0.15) is 0 Å². The second-order valence-electron chi connectivity index (χ2n) is 27.0. The number of rotatable bonds is 27. The molecule has 9 aliphatic rings. The van der Waals surface area contributed by atoms with Crippen molar-refractivity contribution in [2.24, 2.45) is 0 Å². The van der Waals surface area contributed by atoms with E-state index < -0.39 is 347 Å². The molecule has 48 heteroatoms. The molecule has 0 radical (unpaired) electrons. The number of nitrogens with one attached hydrogen (secondary N) is 3. The summed E-state index contributed by atoms with van der Waals surface area (Å²) in [6.45, 7) is -6.67. The lowest BCUT2D eigenvalue weighted by Gasteiger charge is -2.52. The van der Waals surface area contributed by atoms with E-state index in [1.807, 2.05) is 0 Å². The fraction of sp³-hybridized carbons (Fsp3) is 0.949. The number of ether oxygens (including phenoxy) is 17. The highest BCUT2D eigenvalue weighted by molar-refractivity contribution is 5.74. The predicted octanol–water partition coefficient (Wildman–Crippen LogP) is -19.6. The highest BCUT2D eigenvalue weighted by Crippen LogP contribution is 2.40. The fourth-order valence-electron chi connectivity index (χ4n) is 13.6. The van der Waals surface area contributed by atoms with Gasteiger partial charge in [0.1, 0.15) is 213 Å². The molecule has 48 nitrogen and oxygen atoms in total. The van der Waals surface area contributed by atoms with Gasteiger partial charge >= 0.3 is 0 Å². The van der Waals surface area contributed by atoms with Gasteiger partial charge in [-0.15, -0.1) is 0 Å². The third-order valence-electron chi connectivity index (χ3n) is 19.5. The van der Waals surface area contributed by atoms with E-state index in [1.165, 1.54) is 0 Å². The van der Waals surface area contributed by atoms with Gasteiger partial charge < -0.3 is 224 Å². The van der Waals surface area contributed by atoms with E-state index in [4.69, 9.17) is 80.5 Å². The van der Waals surface area contributed by atoms with E-state index in [0.717, 1.165) is 20.8 Å². The topological polar surface area (TPSA) is 750 Å². The molecule has 620 valence electrons. The normalized spacial score (nSPS) is 50.0. The van der Waals surface area contributed by atoms with Gasteiger partial charge in [-0.3, -0.25) is 14.4 Å². The van der Waals surface area contributed by atoms with Crippen molar-refractivity contribution < 1.29 is 223 Å². The lowest BCUT2D eigenvalue weighted by atomic mass is 9.93. The number of carbonyl (C=O) groups is 3. The average molecular weight is 1570 g/mol. The van der Waals surface area contributed by atoms with Crippen LogP contribution >= 0.6 is 0 Å². The van der Waals surface area contributed by atoms with Crippen LogP contribution in [0.3, 0.4) is 0 Å². The Bertz CT molecular complexity index is 2790. The molecule has 1 unspecified atom stereocenters. The zero-order chi connectivity index (χ0) is 78.6. The molecule has 9 rings (SSSR count). The minimum absolute atomic E-state index is 0.798. The monoisotopic (exact) mass is 1570 g/mol. The Balaban J connectivity index is 1.13. The van der Waals surface area contributed by atoms with Crippen molar-refractivity contribution in [2.75, 3.05) is 59.5 Å². The lowest BCUT2D eigenvalue weighted by Crippen LogP contribution is -2.71. The first-order chi connectivity index (χ1) is 50.6. The first-order valence-corrected chi connectivity index (χ1v) is 34.0. The summed E-state index contributed by atoms with van der Waals surface area (Å²) in [6.07, 6.45) is -86.7. The Labute approximate surface area is 605 Å². The average Bonchev–Trinajstić information content (AvgIpc) is 0.763. The molecule has 107 heavy (non-hydrogen) atoms. The largest absolute Gasteiger partial charge is 0.394 e. The van der Waals surface area contributed by atoms with Crippen LogP contribution in [-0.2, 0) is 94.9 Å². The van der Waals surface area contributed by atoms with Gasteiger partial charge in [-0.05, 0) is 0 Å². The maximum Gasteiger partial charge on any atom is 0.217 e. The summed E-state index contributed by atoms with van der Waals surface area (Å²) in [6, 6.07) is -5.48. The van der Waals surface area contributed by atoms with E-state index in [1.54, 1.807) is 0 Å². The van der Waals surface area contributed by atoms with Crippen molar-refractivity contribution in [2.45, 2.75) is 291 Å². The van der Waals surface area contributed by atoms with E-state index in [9.17, 15) is 142 Å². The third-order valence-corrected chi connectivity index (χ3v) is 19.5. The minimum atomic E-state index is -2.53. The van der Waals surface area contributed by atoms with Crippen LogP contribution in [0.2, 0.25) is 0 Å². The Morgan fingerprint density at radius 2 is 0.617 bits per heavy atom. The van der Waals surface area contributed by atoms with E-state index in [2.05, 4.69) is 16.0 Å². The number of aliphatic hydroxyl groups is 25. The SMILES string of the molecule is CC(=O)N[C@H]1[C@H](O[C@H]2[C@H](O)[C@@H](NC(C)=O)C(O)O[C@@H]2CO)O[C@H](CO)[C@@H](O[C@@H]2O[C@H](CO[C@H]3O[C@H](CO[C@H]4O[C@H](CO)[C@@H](O)[C@H](O)[C@@H]4O)[C@@H](O)[C@H](O[C@H]4O[C@H](CO)[C@@H](O)[C@H](O)[C@@H]4O)[C@@H]3O)[C@@H](O)[C@H](O[C@H]3O[C@H](CO)[C@@H](O)[C@H](O)[C@@H]3O[C@@H]3O[C@H](CO)[C@@H](O)[C@H](O)[C@H]3NC(C)=O)[C@@H]2O[C@@H]2OC[C@@H](O)[C@H](O)[C@H]2O)[C@@H]1O. The second kappa shape index (κ2) is 38.2. The van der Waals surface area contributed by atoms with Gasteiger partial charge in [0.05, 0.1) is 59.5 Å². The summed E-state index contributed by atoms with van der Waals surface area (Å²) in [4.78, 5) is 37.9. The van der Waals surface area contributed by atoms with Crippen molar-refractivity contribution in [3.8, 4) is 0 Å². The lowest BCUT2D eigenvalue weighted by molar-refractivity contribution is -0.411. The summed E-state index contributed by atoms with van der Waals surface area (Å²) >= 11 is 0. The molecule has 9 aliphatic heterocycles. The molecule has 0 saturated carbocycles. The van der Waals surface area contributed by atoms with Crippen LogP contribution in [0.1, 0.15) is 20.8 Å². The van der Waals surface area contributed by atoms with Gasteiger partial charge in [0, 0.05) is 20.8 Å². The standard InChI is InChI=1S/C59H99N3O45/c1-13(69)60-25-36(81)45(21(8-67)94-51(25)90)102-53-27(62-15(3)71)37(82)46(22(9-68)99-53)103-59-50(107-55-41(86)28(73)16(72)10-91-55)48(105-58-49(40(85)32(77)20(7-66)98-58)106-52-26(61-14(2)70)35(80)29(74)17(4-63)95-52)34(79)24(101-59)12-93-56-44(89)47(104-57-43(88)39(84)31(76)19(6-65)97-57)33(78)23(100-56)11-92-54-42(87)38(83)30(75)18(5-64)96-54/h16-59,63-68,72-90H,4-12H2,1-3H3,(H,60,69)(H,61,70)(H,62,71)/t16-,17-,18-,19-,20-,21-,22-,23-,24-,25-,26-,27-,28+,29-,30-,31-,32-,33-,34-,35-,36-,37-,38+,39+,40+,41-,42+,43+,44+,45-,46-,47+,48+,49+,50+,51?,52+,53+,54+,55+,56+,57-,58-,59+/m1/s1. The van der Waals surface area contributed by atoms with Crippen molar-refractivity contribution in [3.05, 3.63) is 0 Å². The van der Waals surface area contributed by atoms with Crippen molar-refractivity contribution in [1.29, 1.82) is 0 Å². The molecule has 3 amide bonds. The molecule has 0 spiro atoms. The number of hydrogen-bond acceptors (Lipinski definition) is 45. The number of amides is 3. The van der Waals surface area contributed by atoms with Crippen LogP contribution in [0.4, 0.5) is 0 Å². The van der Waals surface area contributed by atoms with Crippen LogP contribution in [0.15, 0.2) is 0 Å². The van der Waals surface area contributed by atoms with Gasteiger partial charge in [-0.25, -0.2) is 0 Å². The quantitative estimate of drug-likeness (QED) is 0.0363. The van der Waals surface area contributed by atoms with Crippen LogP contribution in [0.25, 0.3) is 0 Å². The van der Waals surface area contributed by atoms with E-state index >= 15 is 0 Å². The van der Waals surface area contributed by atoms with Crippen LogP contribution < -0.4 is 16.0 Å². The van der Waals surface area contributed by atoms with Crippen molar-refractivity contribution in [1.82, 2.24) is 16.0 Å². The molecular weight excluding hydrogens is 1470 g/mol. The maximum absolute atomic E-state index is 13.1. The van der Waals surface area contributed by atoms with Crippen molar-refractivity contribution >= 4 is 17.7 Å². The van der Waals surface area contributed by atoms with Crippen molar-refractivity contribution in [3.63, 3.8) is 0 Å². The summed E-state index contributed by atoms with van der Waals surface area (Å²) < 4.78 is 101. The first-order valence-electron chi connectivity index (χ1n) is 34.0. The third kappa shape index (κ3) is 19.4. The van der Waals surface area contributed by atoms with Crippen LogP contribution in [0, 0.1) is 0 Å². The molecule has 9 fully saturated rings. The number of aliphatic hydroxyl groups excluding tert-OH is 25. The Hall–Kier alpha value is -3.27. The van der Waals surface area contributed by atoms with Gasteiger partial charge in [-0.1, -0.05) is 0 Å². The molecule has 0 aromatic rings. The van der Waals surface area contributed by atoms with Gasteiger partial charge in [0.25, 0.3) is 0 Å². The Morgan fingerprint density at radius 3 is 1.14 bits per heavy atom. The highest BCUT2D eigenvalue weighted by Gasteiger charge is 2.61. The molecule has 9 saturated heterocycles. The fourth-order valence-corrected chi connectivity index (χ4v) is 13.6. The zero-order valence-corrected chi connectivity index (χ0v) is 57.1. The number of hydrogen-bond donors (Lipinski definition) is 28. The molecular formula is C59H99N3O45. The predicted molar refractivity (Wildman–Crippen MR) is 326 cm³/mol. The zero-order valence-electron chi connectivity index (χ0n) is 57.1. The molecule has 9 heterocycles. The molecule has 0 aliphatic carbocycles. The molecule has 0 aromatic heterocycles. The Kier molecular flexibility index (Phi) is 31.3. The molecule has 0 bridgehead atoms. The van der Waals surface area contributed by atoms with Crippen LogP contribution in [0.5, 0.6) is 0 Å². The molecule has 44 atom stereocenters. The minimum Gasteiger partial charge on any atom is -0.394 e. The first kappa shape index (κ1) is 87.7. The highest BCUT2D eigenvalue weighted by atomic mass is 16.8. The number of carbonyl (C=O) groups excluding carboxylic acids is 3. The maximum atomic E-state index is 13.1. The van der Waals surface area contributed by atoms with Gasteiger partial charge in [0.15, 0.2) is 56.6 Å². The smallest absolute Gasteiger partial charge is 0.217 e. The summed E-state index contributed by atoms with van der Waals surface area (Å²) in [5, 5.41) is 284. The van der Waals surface area contributed by atoms with Crippen LogP contribution in [-0.4, -0.2) is 475 Å². The summed E-state index contributed by atoms with van der Waals surface area (Å²) in [7, 11) is 0. The van der Waals surface area contributed by atoms with E-state index in [-0.39, 0.29) is 0 Å². The molecule has 0 aromatic carbocycles. The summed E-state index contributed by atoms with van der Waals surface area (Å²) in [5.41, 5.74) is 0. The van der Waals surface area contributed by atoms with E-state index in [0.29, 0.717) is 0 Å². The Morgan fingerprint density at radius 1 is 0.280 bits per heavy atom. The molecule has 28 N–H and O–H groups in total. The summed E-state index contributed by atoms with van der Waals surface area (Å²) in [5.74, 6) is -2.66. The van der Waals surface area contributed by atoms with Gasteiger partial charge in [0.2, 0.25) is 17.7 Å². The second-order valence-corrected chi connectivity index (χ2v) is 27.0.